The van der Waals surface area contributed by atoms with Crippen molar-refractivity contribution in [3.05, 3.63) is 84.4 Å². The standard InChI is InChI=1S/C31H33N5O3/c1-32-29(37)11-5-3-4-10-26(36-31(38)27-18-23-17-24(39-2)14-15-25(23)34-27)30-33-19-28(35-30)22-13-12-20-8-6-7-9-21(20)16-22/h6-9,12-19,26,34H,3-5,10-11H2,1-2H3,(H,32,37)(H,33,35)(H,36,38). The summed E-state index contributed by atoms with van der Waals surface area (Å²) in [6.45, 7) is 0. The van der Waals surface area contributed by atoms with Crippen molar-refractivity contribution in [2.24, 2.45) is 0 Å². The molecule has 0 aliphatic rings. The topological polar surface area (TPSA) is 112 Å². The minimum atomic E-state index is -0.312. The van der Waals surface area contributed by atoms with Crippen molar-refractivity contribution >= 4 is 33.5 Å². The first-order valence-corrected chi connectivity index (χ1v) is 13.3. The van der Waals surface area contributed by atoms with E-state index in [-0.39, 0.29) is 17.9 Å². The van der Waals surface area contributed by atoms with Crippen LogP contribution in [0.1, 0.15) is 54.5 Å². The van der Waals surface area contributed by atoms with Crippen LogP contribution in [0.5, 0.6) is 5.75 Å². The van der Waals surface area contributed by atoms with E-state index < -0.39 is 0 Å². The number of methoxy groups -OCH3 is 1. The minimum Gasteiger partial charge on any atom is -0.497 e. The van der Waals surface area contributed by atoms with Crippen LogP contribution in [0.3, 0.4) is 0 Å². The average molecular weight is 524 g/mol. The maximum Gasteiger partial charge on any atom is 0.268 e. The number of benzene rings is 3. The molecule has 0 saturated heterocycles. The molecule has 8 heteroatoms. The predicted octanol–water partition coefficient (Wildman–Crippen LogP) is 5.89. The van der Waals surface area contributed by atoms with Gasteiger partial charge in [-0.15, -0.1) is 0 Å². The van der Waals surface area contributed by atoms with Gasteiger partial charge in [0.15, 0.2) is 0 Å². The van der Waals surface area contributed by atoms with Crippen molar-refractivity contribution < 1.29 is 14.3 Å². The van der Waals surface area contributed by atoms with Gasteiger partial charge in [0.05, 0.1) is 25.0 Å². The highest BCUT2D eigenvalue weighted by atomic mass is 16.5. The molecule has 0 fully saturated rings. The molecule has 5 rings (SSSR count). The number of hydrogen-bond donors (Lipinski definition) is 4. The number of unbranched alkanes of at least 4 members (excludes halogenated alkanes) is 2. The summed E-state index contributed by atoms with van der Waals surface area (Å²) in [5.74, 6) is 1.28. The van der Waals surface area contributed by atoms with Gasteiger partial charge in [-0.3, -0.25) is 9.59 Å². The lowest BCUT2D eigenvalue weighted by Crippen LogP contribution is -2.29. The fourth-order valence-corrected chi connectivity index (χ4v) is 4.83. The summed E-state index contributed by atoms with van der Waals surface area (Å²) in [7, 11) is 3.27. The summed E-state index contributed by atoms with van der Waals surface area (Å²) >= 11 is 0. The van der Waals surface area contributed by atoms with Crippen LogP contribution in [0.2, 0.25) is 0 Å². The molecule has 4 N–H and O–H groups in total. The third-order valence-corrected chi connectivity index (χ3v) is 7.04. The third kappa shape index (κ3) is 6.12. The number of nitrogens with zero attached hydrogens (tertiary/aromatic N) is 1. The molecule has 0 aliphatic carbocycles. The summed E-state index contributed by atoms with van der Waals surface area (Å²) in [6, 6.07) is 21.7. The minimum absolute atomic E-state index is 0.0429. The molecule has 3 aromatic carbocycles. The van der Waals surface area contributed by atoms with E-state index in [4.69, 9.17) is 4.74 Å². The van der Waals surface area contributed by atoms with E-state index in [1.165, 1.54) is 5.39 Å². The Morgan fingerprint density at radius 1 is 0.923 bits per heavy atom. The van der Waals surface area contributed by atoms with E-state index in [0.29, 0.717) is 24.4 Å². The zero-order valence-electron chi connectivity index (χ0n) is 22.2. The van der Waals surface area contributed by atoms with Gasteiger partial charge in [-0.1, -0.05) is 49.2 Å². The van der Waals surface area contributed by atoms with E-state index in [1.807, 2.05) is 42.6 Å². The summed E-state index contributed by atoms with van der Waals surface area (Å²) < 4.78 is 5.31. The number of aromatic nitrogens is 3. The van der Waals surface area contributed by atoms with Crippen LogP contribution in [-0.2, 0) is 4.79 Å². The van der Waals surface area contributed by atoms with Gasteiger partial charge in [-0.25, -0.2) is 4.98 Å². The second-order valence-corrected chi connectivity index (χ2v) is 9.68. The monoisotopic (exact) mass is 523 g/mol. The van der Waals surface area contributed by atoms with Gasteiger partial charge >= 0.3 is 0 Å². The number of amides is 2. The molecule has 2 amide bonds. The van der Waals surface area contributed by atoms with Gasteiger partial charge in [-0.2, -0.15) is 0 Å². The Morgan fingerprint density at radius 2 is 1.77 bits per heavy atom. The highest BCUT2D eigenvalue weighted by Gasteiger charge is 2.20. The number of H-pyrrole nitrogens is 2. The molecule has 0 spiro atoms. The number of carbonyl (C=O) groups is 2. The summed E-state index contributed by atoms with van der Waals surface area (Å²) in [5.41, 5.74) is 3.27. The fourth-order valence-electron chi connectivity index (χ4n) is 4.83. The summed E-state index contributed by atoms with van der Waals surface area (Å²) in [6.07, 6.45) is 5.53. The van der Waals surface area contributed by atoms with Gasteiger partial charge in [0, 0.05) is 29.9 Å². The van der Waals surface area contributed by atoms with E-state index in [2.05, 4.69) is 55.9 Å². The Balaban J connectivity index is 1.35. The average Bonchev–Trinajstić information content (AvgIpc) is 3.63. The number of imidazole rings is 1. The Kier molecular flexibility index (Phi) is 7.91. The molecular weight excluding hydrogens is 490 g/mol. The number of ether oxygens (including phenoxy) is 1. The smallest absolute Gasteiger partial charge is 0.268 e. The lowest BCUT2D eigenvalue weighted by Gasteiger charge is -2.16. The fraction of sp³-hybridized carbons (Fsp3) is 0.258. The zero-order chi connectivity index (χ0) is 27.2. The zero-order valence-corrected chi connectivity index (χ0v) is 22.2. The first-order valence-electron chi connectivity index (χ1n) is 13.3. The molecular formula is C31H33N5O3. The van der Waals surface area contributed by atoms with E-state index in [0.717, 1.165) is 52.6 Å². The van der Waals surface area contributed by atoms with Crippen molar-refractivity contribution in [1.82, 2.24) is 25.6 Å². The first kappa shape index (κ1) is 26.0. The lowest BCUT2D eigenvalue weighted by molar-refractivity contribution is -0.120. The number of nitrogens with one attached hydrogen (secondary N) is 4. The first-order chi connectivity index (χ1) is 19.0. The number of carbonyl (C=O) groups excluding carboxylic acids is 2. The van der Waals surface area contributed by atoms with E-state index in [9.17, 15) is 9.59 Å². The second-order valence-electron chi connectivity index (χ2n) is 9.68. The van der Waals surface area contributed by atoms with Crippen LogP contribution < -0.4 is 15.4 Å². The molecule has 5 aromatic rings. The molecule has 8 nitrogen and oxygen atoms in total. The maximum atomic E-state index is 13.3. The molecule has 200 valence electrons. The number of hydrogen-bond acceptors (Lipinski definition) is 4. The number of aromatic amines is 2. The molecule has 0 radical (unpaired) electrons. The third-order valence-electron chi connectivity index (χ3n) is 7.04. The summed E-state index contributed by atoms with van der Waals surface area (Å²) in [5, 5.41) is 9.07. The molecule has 2 aromatic heterocycles. The molecule has 1 unspecified atom stereocenters. The van der Waals surface area contributed by atoms with Crippen molar-refractivity contribution in [2.45, 2.75) is 38.1 Å². The molecule has 0 saturated carbocycles. The van der Waals surface area contributed by atoms with Gasteiger partial charge in [0.25, 0.3) is 5.91 Å². The quantitative estimate of drug-likeness (QED) is 0.162. The normalized spacial score (nSPS) is 11.9. The molecule has 1 atom stereocenters. The Hall–Kier alpha value is -4.59. The second kappa shape index (κ2) is 11.9. The van der Waals surface area contributed by atoms with Crippen molar-refractivity contribution in [3.8, 4) is 17.0 Å². The molecule has 0 bridgehead atoms. The van der Waals surface area contributed by atoms with Crippen LogP contribution in [0, 0.1) is 0 Å². The highest BCUT2D eigenvalue weighted by molar-refractivity contribution is 5.98. The van der Waals surface area contributed by atoms with E-state index >= 15 is 0 Å². The number of fused-ring (bicyclic) bond motifs is 2. The van der Waals surface area contributed by atoms with Crippen LogP contribution in [0.25, 0.3) is 32.9 Å². The largest absolute Gasteiger partial charge is 0.497 e. The van der Waals surface area contributed by atoms with Crippen LogP contribution in [0.4, 0.5) is 0 Å². The van der Waals surface area contributed by atoms with Crippen molar-refractivity contribution in [1.29, 1.82) is 0 Å². The highest BCUT2D eigenvalue weighted by Crippen LogP contribution is 2.27. The summed E-state index contributed by atoms with van der Waals surface area (Å²) in [4.78, 5) is 36.2. The Bertz CT molecular complexity index is 1600. The van der Waals surface area contributed by atoms with E-state index in [1.54, 1.807) is 14.2 Å². The number of rotatable bonds is 11. The van der Waals surface area contributed by atoms with Crippen LogP contribution in [0.15, 0.2) is 72.9 Å². The van der Waals surface area contributed by atoms with Crippen molar-refractivity contribution in [3.63, 3.8) is 0 Å². The van der Waals surface area contributed by atoms with Crippen LogP contribution in [-0.4, -0.2) is 40.9 Å². The SMILES string of the molecule is CNC(=O)CCCCCC(NC(=O)c1cc2cc(OC)ccc2[nH]1)c1ncc(-c2ccc3ccccc3c2)[nH]1. The van der Waals surface area contributed by atoms with Gasteiger partial charge in [0.1, 0.15) is 17.3 Å². The molecule has 0 aliphatic heterocycles. The molecule has 2 heterocycles. The lowest BCUT2D eigenvalue weighted by atomic mass is 10.1. The predicted molar refractivity (Wildman–Crippen MR) is 154 cm³/mol. The van der Waals surface area contributed by atoms with Gasteiger partial charge in [-0.05, 0) is 53.9 Å². The van der Waals surface area contributed by atoms with Crippen molar-refractivity contribution in [2.75, 3.05) is 14.2 Å². The Morgan fingerprint density at radius 3 is 2.59 bits per heavy atom. The van der Waals surface area contributed by atoms with Gasteiger partial charge in [0.2, 0.25) is 5.91 Å². The maximum absolute atomic E-state index is 13.3. The molecule has 39 heavy (non-hydrogen) atoms. The Labute approximate surface area is 227 Å². The van der Waals surface area contributed by atoms with Gasteiger partial charge < -0.3 is 25.3 Å². The van der Waals surface area contributed by atoms with Crippen LogP contribution >= 0.6 is 0 Å².